The number of nitrogens with one attached hydrogen (secondary N) is 1. The molecule has 0 spiro atoms. The van der Waals surface area contributed by atoms with Crippen LogP contribution >= 0.6 is 15.9 Å². The molecule has 21 heavy (non-hydrogen) atoms. The lowest BCUT2D eigenvalue weighted by molar-refractivity contribution is 0.0989. The van der Waals surface area contributed by atoms with E-state index < -0.39 is 0 Å². The molecule has 0 aromatic heterocycles. The Balaban J connectivity index is 1.69. The van der Waals surface area contributed by atoms with Crippen LogP contribution in [0.1, 0.15) is 37.3 Å². The molecule has 1 N–H and O–H groups in total. The lowest BCUT2D eigenvalue weighted by Crippen LogP contribution is -2.23. The second-order valence-corrected chi connectivity index (χ2v) is 6.56. The van der Waals surface area contributed by atoms with E-state index in [4.69, 9.17) is 4.74 Å². The molecule has 3 nitrogen and oxygen atoms in total. The van der Waals surface area contributed by atoms with Gasteiger partial charge in [-0.25, -0.2) is 0 Å². The maximum Gasteiger partial charge on any atom is 0.0728 e. The molecule has 0 saturated carbocycles. The summed E-state index contributed by atoms with van der Waals surface area (Å²) in [6, 6.07) is 6.55. The molecule has 1 heterocycles. The summed E-state index contributed by atoms with van der Waals surface area (Å²) >= 11 is 3.66. The second-order valence-electron chi connectivity index (χ2n) is 5.70. The molecular weight excluding hydrogens is 328 g/mol. The molecule has 0 bridgehead atoms. The Bertz CT molecular complexity index is 419. The van der Waals surface area contributed by atoms with Gasteiger partial charge in [-0.3, -0.25) is 0 Å². The highest BCUT2D eigenvalue weighted by atomic mass is 79.9. The third-order valence-corrected chi connectivity index (χ3v) is 4.62. The van der Waals surface area contributed by atoms with Crippen LogP contribution in [0.15, 0.2) is 22.7 Å². The van der Waals surface area contributed by atoms with Gasteiger partial charge >= 0.3 is 0 Å². The van der Waals surface area contributed by atoms with Crippen LogP contribution in [0, 0.1) is 0 Å². The summed E-state index contributed by atoms with van der Waals surface area (Å²) < 4.78 is 6.97. The number of benzene rings is 1. The molecule has 1 aliphatic heterocycles. The highest BCUT2D eigenvalue weighted by Crippen LogP contribution is 2.19. The van der Waals surface area contributed by atoms with Crippen molar-refractivity contribution in [1.82, 2.24) is 10.2 Å². The van der Waals surface area contributed by atoms with Gasteiger partial charge in [0.25, 0.3) is 0 Å². The van der Waals surface area contributed by atoms with Crippen molar-refractivity contribution in [2.24, 2.45) is 0 Å². The molecule has 118 valence electrons. The van der Waals surface area contributed by atoms with Gasteiger partial charge in [0.15, 0.2) is 0 Å². The van der Waals surface area contributed by atoms with Crippen molar-refractivity contribution < 1.29 is 4.74 Å². The first-order valence-corrected chi connectivity index (χ1v) is 8.87. The van der Waals surface area contributed by atoms with Crippen molar-refractivity contribution in [3.63, 3.8) is 0 Å². The number of ether oxygens (including phenoxy) is 1. The zero-order chi connectivity index (χ0) is 14.9. The Morgan fingerprint density at radius 3 is 2.81 bits per heavy atom. The smallest absolute Gasteiger partial charge is 0.0728 e. The predicted molar refractivity (Wildman–Crippen MR) is 91.5 cm³/mol. The van der Waals surface area contributed by atoms with Gasteiger partial charge in [0.2, 0.25) is 0 Å². The van der Waals surface area contributed by atoms with Crippen LogP contribution in [0.25, 0.3) is 0 Å². The van der Waals surface area contributed by atoms with Crippen molar-refractivity contribution in [2.75, 3.05) is 32.8 Å². The van der Waals surface area contributed by atoms with E-state index in [1.165, 1.54) is 43.5 Å². The topological polar surface area (TPSA) is 24.5 Å². The SMILES string of the molecule is CCCNCc1ccc(COCCN2CCCC2)c(Br)c1. The number of hydrogen-bond donors (Lipinski definition) is 1. The van der Waals surface area contributed by atoms with Crippen LogP contribution in [0.4, 0.5) is 0 Å². The Hall–Kier alpha value is -0.420. The Morgan fingerprint density at radius 2 is 2.10 bits per heavy atom. The van der Waals surface area contributed by atoms with E-state index in [1.54, 1.807) is 0 Å². The minimum atomic E-state index is 0.692. The minimum absolute atomic E-state index is 0.692. The van der Waals surface area contributed by atoms with Gasteiger partial charge in [-0.05, 0) is 56.1 Å². The summed E-state index contributed by atoms with van der Waals surface area (Å²) in [4.78, 5) is 2.48. The van der Waals surface area contributed by atoms with Crippen molar-refractivity contribution in [3.05, 3.63) is 33.8 Å². The van der Waals surface area contributed by atoms with E-state index in [1.807, 2.05) is 0 Å². The predicted octanol–water partition coefficient (Wildman–Crippen LogP) is 3.56. The molecule has 1 saturated heterocycles. The summed E-state index contributed by atoms with van der Waals surface area (Å²) in [5, 5.41) is 3.42. The van der Waals surface area contributed by atoms with Gasteiger partial charge < -0.3 is 15.0 Å². The van der Waals surface area contributed by atoms with Crippen LogP contribution in [-0.2, 0) is 17.9 Å². The maximum absolute atomic E-state index is 5.81. The lowest BCUT2D eigenvalue weighted by atomic mass is 10.1. The Labute approximate surface area is 137 Å². The molecule has 0 amide bonds. The van der Waals surface area contributed by atoms with Crippen molar-refractivity contribution >= 4 is 15.9 Å². The second kappa shape index (κ2) is 9.57. The van der Waals surface area contributed by atoms with Crippen LogP contribution in [0.5, 0.6) is 0 Å². The van der Waals surface area contributed by atoms with Crippen molar-refractivity contribution in [1.29, 1.82) is 0 Å². The van der Waals surface area contributed by atoms with E-state index in [0.717, 1.165) is 30.7 Å². The average Bonchev–Trinajstić information content (AvgIpc) is 2.99. The maximum atomic E-state index is 5.81. The van der Waals surface area contributed by atoms with E-state index in [0.29, 0.717) is 6.61 Å². The van der Waals surface area contributed by atoms with Crippen molar-refractivity contribution in [3.8, 4) is 0 Å². The Morgan fingerprint density at radius 1 is 1.29 bits per heavy atom. The van der Waals surface area contributed by atoms with Gasteiger partial charge in [-0.15, -0.1) is 0 Å². The molecular formula is C17H27BrN2O. The molecule has 0 radical (unpaired) electrons. The van der Waals surface area contributed by atoms with Crippen LogP contribution < -0.4 is 5.32 Å². The van der Waals surface area contributed by atoms with Gasteiger partial charge in [-0.2, -0.15) is 0 Å². The molecule has 1 aliphatic rings. The van der Waals surface area contributed by atoms with E-state index in [9.17, 15) is 0 Å². The first-order valence-electron chi connectivity index (χ1n) is 8.07. The fourth-order valence-corrected chi connectivity index (χ4v) is 3.15. The normalized spacial score (nSPS) is 15.7. The molecule has 1 aromatic rings. The molecule has 0 unspecified atom stereocenters. The molecule has 1 aromatic carbocycles. The molecule has 1 fully saturated rings. The summed E-state index contributed by atoms with van der Waals surface area (Å²) in [6.45, 7) is 9.26. The van der Waals surface area contributed by atoms with Gasteiger partial charge in [0, 0.05) is 17.6 Å². The van der Waals surface area contributed by atoms with Crippen LogP contribution in [0.2, 0.25) is 0 Å². The van der Waals surface area contributed by atoms with Crippen molar-refractivity contribution in [2.45, 2.75) is 39.3 Å². The zero-order valence-electron chi connectivity index (χ0n) is 13.0. The fourth-order valence-electron chi connectivity index (χ4n) is 2.61. The molecule has 0 aliphatic carbocycles. The molecule has 2 rings (SSSR count). The van der Waals surface area contributed by atoms with Crippen LogP contribution in [-0.4, -0.2) is 37.7 Å². The number of nitrogens with zero attached hydrogens (tertiary/aromatic N) is 1. The largest absolute Gasteiger partial charge is 0.375 e. The Kier molecular flexibility index (Phi) is 7.72. The van der Waals surface area contributed by atoms with Gasteiger partial charge in [-0.1, -0.05) is 35.0 Å². The standard InChI is InChI=1S/C17H27BrN2O/c1-2-7-19-13-15-5-6-16(17(18)12-15)14-21-11-10-20-8-3-4-9-20/h5-6,12,19H,2-4,7-11,13-14H2,1H3. The summed E-state index contributed by atoms with van der Waals surface area (Å²) in [6.07, 6.45) is 3.86. The first-order chi connectivity index (χ1) is 10.3. The fraction of sp³-hybridized carbons (Fsp3) is 0.647. The molecule has 0 atom stereocenters. The lowest BCUT2D eigenvalue weighted by Gasteiger charge is -2.14. The zero-order valence-corrected chi connectivity index (χ0v) is 14.6. The highest BCUT2D eigenvalue weighted by Gasteiger charge is 2.10. The summed E-state index contributed by atoms with van der Waals surface area (Å²) in [5.41, 5.74) is 2.55. The summed E-state index contributed by atoms with van der Waals surface area (Å²) in [5.74, 6) is 0. The third kappa shape index (κ3) is 6.07. The highest BCUT2D eigenvalue weighted by molar-refractivity contribution is 9.10. The van der Waals surface area contributed by atoms with Crippen LogP contribution in [0.3, 0.4) is 0 Å². The van der Waals surface area contributed by atoms with Gasteiger partial charge in [0.1, 0.15) is 0 Å². The average molecular weight is 355 g/mol. The van der Waals surface area contributed by atoms with Gasteiger partial charge in [0.05, 0.1) is 13.2 Å². The van der Waals surface area contributed by atoms with E-state index >= 15 is 0 Å². The van der Waals surface area contributed by atoms with E-state index in [-0.39, 0.29) is 0 Å². The minimum Gasteiger partial charge on any atom is -0.375 e. The quantitative estimate of drug-likeness (QED) is 0.686. The number of halogens is 1. The number of likely N-dealkylation sites (tertiary alicyclic amines) is 1. The summed E-state index contributed by atoms with van der Waals surface area (Å²) in [7, 11) is 0. The first kappa shape index (κ1) is 16.9. The number of hydrogen-bond acceptors (Lipinski definition) is 3. The third-order valence-electron chi connectivity index (χ3n) is 3.88. The van der Waals surface area contributed by atoms with E-state index in [2.05, 4.69) is 51.3 Å². The number of rotatable bonds is 9. The monoisotopic (exact) mass is 354 g/mol. The molecule has 4 heteroatoms.